The Morgan fingerprint density at radius 1 is 1.27 bits per heavy atom. The van der Waals surface area contributed by atoms with Gasteiger partial charge in [-0.2, -0.15) is 0 Å². The molecule has 0 amide bonds. The maximum atomic E-state index is 12.0. The van der Waals surface area contributed by atoms with E-state index in [0.717, 1.165) is 6.42 Å². The molecule has 0 aromatic carbocycles. The highest BCUT2D eigenvalue weighted by atomic mass is 16.5. The van der Waals surface area contributed by atoms with Gasteiger partial charge in [0.2, 0.25) is 0 Å². The number of hydrogen-bond donors (Lipinski definition) is 0. The van der Waals surface area contributed by atoms with E-state index in [1.165, 1.54) is 32.1 Å². The van der Waals surface area contributed by atoms with E-state index in [-0.39, 0.29) is 6.10 Å². The number of Topliss-reactive ketones (excluding diaryl/α,β-unsaturated/α-hetero) is 1. The van der Waals surface area contributed by atoms with Gasteiger partial charge in [0.15, 0.2) is 5.78 Å². The topological polar surface area (TPSA) is 26.3 Å². The molecule has 0 radical (unpaired) electrons. The predicted molar refractivity (Wildman–Crippen MR) is 61.8 cm³/mol. The van der Waals surface area contributed by atoms with Crippen molar-refractivity contribution >= 4 is 5.78 Å². The molecule has 0 aromatic rings. The van der Waals surface area contributed by atoms with Crippen LogP contribution in [0.3, 0.4) is 0 Å². The van der Waals surface area contributed by atoms with Crippen molar-refractivity contribution in [1.29, 1.82) is 0 Å². The molecule has 1 aliphatic carbocycles. The van der Waals surface area contributed by atoms with Gasteiger partial charge in [-0.05, 0) is 11.8 Å². The van der Waals surface area contributed by atoms with E-state index in [9.17, 15) is 4.79 Å². The highest BCUT2D eigenvalue weighted by molar-refractivity contribution is 5.83. The Kier molecular flexibility index (Phi) is 5.30. The van der Waals surface area contributed by atoms with Crippen LogP contribution in [0.1, 0.15) is 52.4 Å². The maximum Gasteiger partial charge on any atom is 0.162 e. The van der Waals surface area contributed by atoms with Crippen LogP contribution in [0, 0.1) is 11.8 Å². The number of methoxy groups -OCH3 is 1. The quantitative estimate of drug-likeness (QED) is 0.699. The minimum Gasteiger partial charge on any atom is -0.373 e. The third-order valence-corrected chi connectivity index (χ3v) is 3.39. The van der Waals surface area contributed by atoms with Gasteiger partial charge in [0, 0.05) is 13.5 Å². The number of carbonyl (C=O) groups is 1. The summed E-state index contributed by atoms with van der Waals surface area (Å²) in [6.07, 6.45) is 6.97. The molecule has 88 valence electrons. The van der Waals surface area contributed by atoms with Crippen molar-refractivity contribution in [3.8, 4) is 0 Å². The molecule has 0 saturated heterocycles. The van der Waals surface area contributed by atoms with Crippen LogP contribution < -0.4 is 0 Å². The monoisotopic (exact) mass is 212 g/mol. The molecule has 0 heterocycles. The first-order valence-electron chi connectivity index (χ1n) is 6.20. The fourth-order valence-electron chi connectivity index (χ4n) is 2.57. The summed E-state index contributed by atoms with van der Waals surface area (Å²) < 4.78 is 5.27. The zero-order valence-electron chi connectivity index (χ0n) is 10.3. The summed E-state index contributed by atoms with van der Waals surface area (Å²) in [5, 5.41) is 0. The maximum absolute atomic E-state index is 12.0. The molecule has 0 bridgehead atoms. The molecule has 2 nitrogen and oxygen atoms in total. The van der Waals surface area contributed by atoms with Gasteiger partial charge in [-0.15, -0.1) is 0 Å². The number of hydrogen-bond acceptors (Lipinski definition) is 2. The molecule has 1 unspecified atom stereocenters. The Labute approximate surface area is 93.4 Å². The molecule has 1 aliphatic rings. The lowest BCUT2D eigenvalue weighted by atomic mass is 9.84. The highest BCUT2D eigenvalue weighted by Crippen LogP contribution is 2.27. The van der Waals surface area contributed by atoms with E-state index >= 15 is 0 Å². The highest BCUT2D eigenvalue weighted by Gasteiger charge is 2.25. The summed E-state index contributed by atoms with van der Waals surface area (Å²) in [5.41, 5.74) is 0. The van der Waals surface area contributed by atoms with Crippen LogP contribution >= 0.6 is 0 Å². The third-order valence-electron chi connectivity index (χ3n) is 3.39. The first kappa shape index (κ1) is 12.7. The first-order chi connectivity index (χ1) is 7.15. The molecule has 1 rings (SSSR count). The SMILES string of the molecule is COC(C(=O)CC1CCCCC1)C(C)C. The average molecular weight is 212 g/mol. The lowest BCUT2D eigenvalue weighted by Gasteiger charge is -2.24. The molecular formula is C13H24O2. The van der Waals surface area contributed by atoms with Gasteiger partial charge in [0.05, 0.1) is 0 Å². The van der Waals surface area contributed by atoms with Crippen LogP contribution in [0.2, 0.25) is 0 Å². The summed E-state index contributed by atoms with van der Waals surface area (Å²) >= 11 is 0. The summed E-state index contributed by atoms with van der Waals surface area (Å²) in [7, 11) is 1.64. The smallest absolute Gasteiger partial charge is 0.162 e. The van der Waals surface area contributed by atoms with Crippen molar-refractivity contribution in [2.24, 2.45) is 11.8 Å². The van der Waals surface area contributed by atoms with E-state index in [2.05, 4.69) is 0 Å². The Balaban J connectivity index is 2.38. The van der Waals surface area contributed by atoms with Gasteiger partial charge in [0.25, 0.3) is 0 Å². The normalized spacial score (nSPS) is 20.5. The molecule has 1 saturated carbocycles. The minimum absolute atomic E-state index is 0.188. The molecule has 0 aromatic heterocycles. The molecule has 1 fully saturated rings. The van der Waals surface area contributed by atoms with E-state index in [1.807, 2.05) is 13.8 Å². The second kappa shape index (κ2) is 6.26. The Bertz CT molecular complexity index is 193. The zero-order chi connectivity index (χ0) is 11.3. The molecule has 15 heavy (non-hydrogen) atoms. The average Bonchev–Trinajstić information content (AvgIpc) is 2.19. The number of rotatable bonds is 5. The van der Waals surface area contributed by atoms with E-state index < -0.39 is 0 Å². The minimum atomic E-state index is -0.188. The zero-order valence-corrected chi connectivity index (χ0v) is 10.3. The molecule has 0 spiro atoms. The van der Waals surface area contributed by atoms with Crippen molar-refractivity contribution in [3.63, 3.8) is 0 Å². The number of ketones is 1. The van der Waals surface area contributed by atoms with Gasteiger partial charge >= 0.3 is 0 Å². The standard InChI is InChI=1S/C13H24O2/c1-10(2)13(15-3)12(14)9-11-7-5-4-6-8-11/h10-11,13H,4-9H2,1-3H3. The van der Waals surface area contributed by atoms with Crippen molar-refractivity contribution in [2.75, 3.05) is 7.11 Å². The van der Waals surface area contributed by atoms with Crippen LogP contribution in [0.15, 0.2) is 0 Å². The molecular weight excluding hydrogens is 188 g/mol. The Morgan fingerprint density at radius 2 is 1.87 bits per heavy atom. The molecule has 0 aliphatic heterocycles. The summed E-state index contributed by atoms with van der Waals surface area (Å²) in [5.74, 6) is 1.23. The van der Waals surface area contributed by atoms with Crippen molar-refractivity contribution in [3.05, 3.63) is 0 Å². The van der Waals surface area contributed by atoms with Crippen LogP contribution in [-0.2, 0) is 9.53 Å². The molecule has 0 N–H and O–H groups in total. The number of carbonyl (C=O) groups excluding carboxylic acids is 1. The fraction of sp³-hybridized carbons (Fsp3) is 0.923. The molecule has 1 atom stereocenters. The number of ether oxygens (including phenoxy) is 1. The predicted octanol–water partition coefficient (Wildman–Crippen LogP) is 3.20. The lowest BCUT2D eigenvalue weighted by molar-refractivity contribution is -0.132. The summed E-state index contributed by atoms with van der Waals surface area (Å²) in [4.78, 5) is 12.0. The van der Waals surface area contributed by atoms with Gasteiger partial charge in [-0.1, -0.05) is 46.0 Å². The fourth-order valence-corrected chi connectivity index (χ4v) is 2.57. The third kappa shape index (κ3) is 3.94. The summed E-state index contributed by atoms with van der Waals surface area (Å²) in [6.45, 7) is 4.10. The van der Waals surface area contributed by atoms with Crippen molar-refractivity contribution < 1.29 is 9.53 Å². The lowest BCUT2D eigenvalue weighted by Crippen LogP contribution is -2.30. The van der Waals surface area contributed by atoms with Gasteiger partial charge in [0.1, 0.15) is 6.10 Å². The van der Waals surface area contributed by atoms with Gasteiger partial charge in [-0.25, -0.2) is 0 Å². The van der Waals surface area contributed by atoms with Crippen LogP contribution in [0.5, 0.6) is 0 Å². The van der Waals surface area contributed by atoms with Crippen LogP contribution in [0.4, 0.5) is 0 Å². The van der Waals surface area contributed by atoms with Gasteiger partial charge < -0.3 is 4.74 Å². The van der Waals surface area contributed by atoms with Gasteiger partial charge in [-0.3, -0.25) is 4.79 Å². The first-order valence-corrected chi connectivity index (χ1v) is 6.20. The molecule has 2 heteroatoms. The van der Waals surface area contributed by atoms with Crippen molar-refractivity contribution in [2.45, 2.75) is 58.5 Å². The van der Waals surface area contributed by atoms with E-state index in [0.29, 0.717) is 17.6 Å². The second-order valence-corrected chi connectivity index (χ2v) is 5.07. The van der Waals surface area contributed by atoms with Crippen LogP contribution in [-0.4, -0.2) is 19.0 Å². The van der Waals surface area contributed by atoms with Crippen LogP contribution in [0.25, 0.3) is 0 Å². The Morgan fingerprint density at radius 3 is 2.33 bits per heavy atom. The summed E-state index contributed by atoms with van der Waals surface area (Å²) in [6, 6.07) is 0. The van der Waals surface area contributed by atoms with Crippen molar-refractivity contribution in [1.82, 2.24) is 0 Å². The Hall–Kier alpha value is -0.370. The van der Waals surface area contributed by atoms with E-state index in [1.54, 1.807) is 7.11 Å². The largest absolute Gasteiger partial charge is 0.373 e. The van der Waals surface area contributed by atoms with E-state index in [4.69, 9.17) is 4.74 Å². The second-order valence-electron chi connectivity index (χ2n) is 5.07.